The van der Waals surface area contributed by atoms with Gasteiger partial charge in [-0.3, -0.25) is 4.79 Å². The minimum Gasteiger partial charge on any atom is -0.480 e. The van der Waals surface area contributed by atoms with E-state index in [0.29, 0.717) is 13.0 Å². The maximum atomic E-state index is 10.7. The van der Waals surface area contributed by atoms with Crippen LogP contribution >= 0.6 is 0 Å². The summed E-state index contributed by atoms with van der Waals surface area (Å²) in [5, 5.41) is 8.78. The highest BCUT2D eigenvalue weighted by molar-refractivity contribution is 5.73. The molecule has 1 aliphatic heterocycles. The number of carboxylic acids is 1. The Morgan fingerprint density at radius 2 is 2.31 bits per heavy atom. The van der Waals surface area contributed by atoms with E-state index in [0.717, 1.165) is 12.0 Å². The molecule has 1 heterocycles. The summed E-state index contributed by atoms with van der Waals surface area (Å²) in [5.74, 6) is -0.980. The predicted octanol–water partition coefficient (Wildman–Crippen LogP) is 1.10. The van der Waals surface area contributed by atoms with E-state index in [1.807, 2.05) is 18.2 Å². The molecule has 0 amide bonds. The molecule has 1 aromatic rings. The van der Waals surface area contributed by atoms with Gasteiger partial charge in [0, 0.05) is 6.42 Å². The van der Waals surface area contributed by atoms with Crippen molar-refractivity contribution in [3.05, 3.63) is 35.4 Å². The third-order valence-corrected chi connectivity index (χ3v) is 2.88. The van der Waals surface area contributed by atoms with Crippen LogP contribution in [0.25, 0.3) is 0 Å². The van der Waals surface area contributed by atoms with Gasteiger partial charge in [-0.1, -0.05) is 24.3 Å². The number of hydrogen-bond donors (Lipinski definition) is 2. The smallest absolute Gasteiger partial charge is 0.320 e. The molecule has 86 valence electrons. The molecule has 3 N–H and O–H groups in total. The van der Waals surface area contributed by atoms with Crippen LogP contribution in [0.15, 0.2) is 24.3 Å². The number of rotatable bonds is 3. The highest BCUT2D eigenvalue weighted by Gasteiger charge is 2.25. The van der Waals surface area contributed by atoms with Crippen molar-refractivity contribution in [2.45, 2.75) is 25.0 Å². The standard InChI is InChI=1S/C12H15NO3/c13-10(12(14)15)7-11-9-4-2-1-3-8(9)5-6-16-11/h1-4,10-11H,5-7,13H2,(H,14,15). The lowest BCUT2D eigenvalue weighted by atomic mass is 9.94. The van der Waals surface area contributed by atoms with Crippen LogP contribution in [-0.4, -0.2) is 23.7 Å². The molecule has 0 fully saturated rings. The molecule has 0 bridgehead atoms. The predicted molar refractivity (Wildman–Crippen MR) is 59.1 cm³/mol. The monoisotopic (exact) mass is 221 g/mol. The normalized spacial score (nSPS) is 21.2. The van der Waals surface area contributed by atoms with Crippen molar-refractivity contribution in [3.8, 4) is 0 Å². The van der Waals surface area contributed by atoms with Crippen LogP contribution in [0, 0.1) is 0 Å². The Hall–Kier alpha value is -1.39. The van der Waals surface area contributed by atoms with Gasteiger partial charge in [0.05, 0.1) is 12.7 Å². The minimum atomic E-state index is -0.980. The average Bonchev–Trinajstić information content (AvgIpc) is 2.29. The number of ether oxygens (including phenoxy) is 1. The van der Waals surface area contributed by atoms with Gasteiger partial charge < -0.3 is 15.6 Å². The topological polar surface area (TPSA) is 72.5 Å². The zero-order valence-corrected chi connectivity index (χ0v) is 8.93. The van der Waals surface area contributed by atoms with Crippen molar-refractivity contribution < 1.29 is 14.6 Å². The van der Waals surface area contributed by atoms with E-state index in [2.05, 4.69) is 6.07 Å². The molecule has 0 saturated carbocycles. The molecule has 1 aliphatic rings. The fourth-order valence-electron chi connectivity index (χ4n) is 2.00. The Kier molecular flexibility index (Phi) is 3.22. The van der Waals surface area contributed by atoms with Gasteiger partial charge in [-0.2, -0.15) is 0 Å². The summed E-state index contributed by atoms with van der Waals surface area (Å²) in [6.07, 6.45) is 1.03. The molecule has 0 saturated heterocycles. The van der Waals surface area contributed by atoms with Crippen molar-refractivity contribution in [2.24, 2.45) is 5.73 Å². The first kappa shape index (κ1) is 11.1. The van der Waals surface area contributed by atoms with Gasteiger partial charge >= 0.3 is 5.97 Å². The second-order valence-electron chi connectivity index (χ2n) is 3.99. The van der Waals surface area contributed by atoms with Crippen molar-refractivity contribution >= 4 is 5.97 Å². The summed E-state index contributed by atoms with van der Waals surface area (Å²) in [7, 11) is 0. The molecule has 16 heavy (non-hydrogen) atoms. The number of nitrogens with two attached hydrogens (primary N) is 1. The third-order valence-electron chi connectivity index (χ3n) is 2.88. The average molecular weight is 221 g/mol. The van der Waals surface area contributed by atoms with Crippen LogP contribution in [-0.2, 0) is 16.0 Å². The van der Waals surface area contributed by atoms with Crippen LogP contribution < -0.4 is 5.73 Å². The molecule has 2 atom stereocenters. The van der Waals surface area contributed by atoms with Crippen molar-refractivity contribution in [3.63, 3.8) is 0 Å². The van der Waals surface area contributed by atoms with Gasteiger partial charge in [-0.25, -0.2) is 0 Å². The molecule has 2 unspecified atom stereocenters. The molecule has 0 spiro atoms. The van der Waals surface area contributed by atoms with Crippen LogP contribution in [0.3, 0.4) is 0 Å². The van der Waals surface area contributed by atoms with Crippen molar-refractivity contribution in [2.75, 3.05) is 6.61 Å². The van der Waals surface area contributed by atoms with E-state index in [9.17, 15) is 4.79 Å². The summed E-state index contributed by atoms with van der Waals surface area (Å²) >= 11 is 0. The molecule has 0 aliphatic carbocycles. The SMILES string of the molecule is NC(CC1OCCc2ccccc21)C(=O)O. The first-order valence-corrected chi connectivity index (χ1v) is 5.36. The zero-order chi connectivity index (χ0) is 11.5. The number of aliphatic carboxylic acids is 1. The Morgan fingerprint density at radius 3 is 3.06 bits per heavy atom. The number of carbonyl (C=O) groups is 1. The highest BCUT2D eigenvalue weighted by Crippen LogP contribution is 2.29. The summed E-state index contributed by atoms with van der Waals surface area (Å²) in [6, 6.07) is 7.09. The van der Waals surface area contributed by atoms with E-state index in [-0.39, 0.29) is 6.10 Å². The number of carboxylic acid groups (broad SMARTS) is 1. The van der Waals surface area contributed by atoms with E-state index in [4.69, 9.17) is 15.6 Å². The van der Waals surface area contributed by atoms with Crippen LogP contribution in [0.2, 0.25) is 0 Å². The summed E-state index contributed by atoms with van der Waals surface area (Å²) in [4.78, 5) is 10.7. The Balaban J connectivity index is 2.16. The molecule has 0 aromatic heterocycles. The summed E-state index contributed by atoms with van der Waals surface area (Å²) in [6.45, 7) is 0.633. The van der Waals surface area contributed by atoms with E-state index in [1.165, 1.54) is 5.56 Å². The molecule has 0 radical (unpaired) electrons. The van der Waals surface area contributed by atoms with Crippen LogP contribution in [0.4, 0.5) is 0 Å². The fraction of sp³-hybridized carbons (Fsp3) is 0.417. The Labute approximate surface area is 94.0 Å². The largest absolute Gasteiger partial charge is 0.480 e. The Morgan fingerprint density at radius 1 is 1.56 bits per heavy atom. The first-order chi connectivity index (χ1) is 7.68. The van der Waals surface area contributed by atoms with E-state index < -0.39 is 12.0 Å². The van der Waals surface area contributed by atoms with E-state index >= 15 is 0 Å². The highest BCUT2D eigenvalue weighted by atomic mass is 16.5. The molecule has 2 rings (SSSR count). The maximum absolute atomic E-state index is 10.7. The molecular formula is C12H15NO3. The first-order valence-electron chi connectivity index (χ1n) is 5.36. The second kappa shape index (κ2) is 4.63. The molecular weight excluding hydrogens is 206 g/mol. The lowest BCUT2D eigenvalue weighted by Crippen LogP contribution is -2.33. The van der Waals surface area contributed by atoms with Gasteiger partial charge in [0.15, 0.2) is 0 Å². The Bertz CT molecular complexity index is 392. The summed E-state index contributed by atoms with van der Waals surface area (Å²) < 4.78 is 5.58. The van der Waals surface area contributed by atoms with Crippen LogP contribution in [0.5, 0.6) is 0 Å². The van der Waals surface area contributed by atoms with Gasteiger partial charge in [0.2, 0.25) is 0 Å². The van der Waals surface area contributed by atoms with Crippen molar-refractivity contribution in [1.29, 1.82) is 0 Å². The fourth-order valence-corrected chi connectivity index (χ4v) is 2.00. The summed E-state index contributed by atoms with van der Waals surface area (Å²) in [5.41, 5.74) is 7.83. The maximum Gasteiger partial charge on any atom is 0.320 e. The number of benzene rings is 1. The van der Waals surface area contributed by atoms with E-state index in [1.54, 1.807) is 0 Å². The van der Waals surface area contributed by atoms with Crippen molar-refractivity contribution in [1.82, 2.24) is 0 Å². The third kappa shape index (κ3) is 2.23. The van der Waals surface area contributed by atoms with Gasteiger partial charge in [0.1, 0.15) is 6.04 Å². The van der Waals surface area contributed by atoms with Gasteiger partial charge in [-0.15, -0.1) is 0 Å². The molecule has 1 aromatic carbocycles. The lowest BCUT2D eigenvalue weighted by molar-refractivity contribution is -0.139. The van der Waals surface area contributed by atoms with Crippen LogP contribution in [0.1, 0.15) is 23.7 Å². The zero-order valence-electron chi connectivity index (χ0n) is 8.93. The second-order valence-corrected chi connectivity index (χ2v) is 3.99. The number of fused-ring (bicyclic) bond motifs is 1. The quantitative estimate of drug-likeness (QED) is 0.801. The molecule has 4 heteroatoms. The molecule has 4 nitrogen and oxygen atoms in total. The van der Waals surface area contributed by atoms with Gasteiger partial charge in [-0.05, 0) is 17.5 Å². The lowest BCUT2D eigenvalue weighted by Gasteiger charge is -2.27. The number of hydrogen-bond acceptors (Lipinski definition) is 3. The minimum absolute atomic E-state index is 0.184. The van der Waals surface area contributed by atoms with Gasteiger partial charge in [0.25, 0.3) is 0 Å².